The van der Waals surface area contributed by atoms with Crippen molar-refractivity contribution in [1.82, 2.24) is 0 Å². The second-order valence-corrected chi connectivity index (χ2v) is 2.58. The van der Waals surface area contributed by atoms with Crippen molar-refractivity contribution < 1.29 is 23.1 Å². The SMILES string of the molecule is O=C(OC1CCCC1=O)C(F)F. The standard InChI is InChI=1S/C7H8F2O3/c8-6(9)7(11)12-5-3-1-2-4(5)10/h5-6H,1-3H2. The number of esters is 1. The third-order valence-electron chi connectivity index (χ3n) is 1.69. The monoisotopic (exact) mass is 178 g/mol. The number of rotatable bonds is 2. The van der Waals surface area contributed by atoms with E-state index in [0.29, 0.717) is 19.3 Å². The van der Waals surface area contributed by atoms with Crippen LogP contribution in [-0.2, 0) is 14.3 Å². The van der Waals surface area contributed by atoms with Crippen molar-refractivity contribution in [3.8, 4) is 0 Å². The minimum absolute atomic E-state index is 0.260. The Morgan fingerprint density at radius 1 is 1.58 bits per heavy atom. The van der Waals surface area contributed by atoms with Crippen LogP contribution in [0.5, 0.6) is 0 Å². The van der Waals surface area contributed by atoms with Crippen LogP contribution in [0.25, 0.3) is 0 Å². The third-order valence-corrected chi connectivity index (χ3v) is 1.69. The Balaban J connectivity index is 2.40. The van der Waals surface area contributed by atoms with Crippen molar-refractivity contribution in [2.45, 2.75) is 31.8 Å². The quantitative estimate of drug-likeness (QED) is 0.590. The predicted octanol–water partition coefficient (Wildman–Crippen LogP) is 0.916. The van der Waals surface area contributed by atoms with E-state index in [0.717, 1.165) is 0 Å². The van der Waals surface area contributed by atoms with Crippen LogP contribution in [0.1, 0.15) is 19.3 Å². The molecule has 0 aliphatic heterocycles. The minimum Gasteiger partial charge on any atom is -0.450 e. The molecule has 1 aliphatic rings. The van der Waals surface area contributed by atoms with E-state index in [4.69, 9.17) is 0 Å². The van der Waals surface area contributed by atoms with E-state index in [1.807, 2.05) is 0 Å². The molecule has 1 atom stereocenters. The van der Waals surface area contributed by atoms with Gasteiger partial charge in [0, 0.05) is 6.42 Å². The van der Waals surface area contributed by atoms with Crippen LogP contribution < -0.4 is 0 Å². The van der Waals surface area contributed by atoms with Crippen molar-refractivity contribution in [3.05, 3.63) is 0 Å². The molecular formula is C7H8F2O3. The van der Waals surface area contributed by atoms with Gasteiger partial charge in [0.2, 0.25) is 0 Å². The van der Waals surface area contributed by atoms with Gasteiger partial charge in [-0.15, -0.1) is 0 Å². The summed E-state index contributed by atoms with van der Waals surface area (Å²) in [5, 5.41) is 0. The smallest absolute Gasteiger partial charge is 0.374 e. The molecule has 0 aromatic carbocycles. The fraction of sp³-hybridized carbons (Fsp3) is 0.714. The lowest BCUT2D eigenvalue weighted by Crippen LogP contribution is -2.25. The first-order valence-corrected chi connectivity index (χ1v) is 3.62. The van der Waals surface area contributed by atoms with E-state index in [1.54, 1.807) is 0 Å². The summed E-state index contributed by atoms with van der Waals surface area (Å²) in [6.45, 7) is 0. The number of alkyl halides is 2. The van der Waals surface area contributed by atoms with Crippen LogP contribution >= 0.6 is 0 Å². The van der Waals surface area contributed by atoms with E-state index in [1.165, 1.54) is 0 Å². The molecule has 0 spiro atoms. The average molecular weight is 178 g/mol. The summed E-state index contributed by atoms with van der Waals surface area (Å²) in [6.07, 6.45) is -2.76. The molecule has 0 aromatic rings. The van der Waals surface area contributed by atoms with Gasteiger partial charge < -0.3 is 4.74 Å². The topological polar surface area (TPSA) is 43.4 Å². The van der Waals surface area contributed by atoms with Gasteiger partial charge in [-0.1, -0.05) is 0 Å². The maximum absolute atomic E-state index is 11.6. The molecule has 5 heteroatoms. The highest BCUT2D eigenvalue weighted by atomic mass is 19.3. The van der Waals surface area contributed by atoms with E-state index in [9.17, 15) is 18.4 Å². The normalized spacial score (nSPS) is 23.2. The van der Waals surface area contributed by atoms with Gasteiger partial charge in [0.05, 0.1) is 0 Å². The van der Waals surface area contributed by atoms with Crippen molar-refractivity contribution in [3.63, 3.8) is 0 Å². The molecule has 68 valence electrons. The lowest BCUT2D eigenvalue weighted by Gasteiger charge is -2.08. The zero-order valence-corrected chi connectivity index (χ0v) is 6.26. The van der Waals surface area contributed by atoms with Crippen LogP contribution in [0.4, 0.5) is 8.78 Å². The van der Waals surface area contributed by atoms with E-state index < -0.39 is 18.5 Å². The average Bonchev–Trinajstić information content (AvgIpc) is 2.36. The summed E-state index contributed by atoms with van der Waals surface area (Å²) in [5.74, 6) is -1.86. The number of carbonyl (C=O) groups is 2. The molecule has 1 aliphatic carbocycles. The lowest BCUT2D eigenvalue weighted by molar-refractivity contribution is -0.164. The van der Waals surface area contributed by atoms with E-state index in [-0.39, 0.29) is 5.78 Å². The molecule has 0 amide bonds. The van der Waals surface area contributed by atoms with Gasteiger partial charge in [-0.2, -0.15) is 8.78 Å². The molecule has 0 heterocycles. The molecule has 1 fully saturated rings. The fourth-order valence-electron chi connectivity index (χ4n) is 1.10. The zero-order chi connectivity index (χ0) is 9.14. The first-order valence-electron chi connectivity index (χ1n) is 3.62. The largest absolute Gasteiger partial charge is 0.450 e. The Hall–Kier alpha value is -1.00. The van der Waals surface area contributed by atoms with Gasteiger partial charge in [0.25, 0.3) is 0 Å². The van der Waals surface area contributed by atoms with Crippen LogP contribution in [0.3, 0.4) is 0 Å². The second-order valence-electron chi connectivity index (χ2n) is 2.58. The van der Waals surface area contributed by atoms with Crippen molar-refractivity contribution in [2.24, 2.45) is 0 Å². The van der Waals surface area contributed by atoms with Gasteiger partial charge in [-0.05, 0) is 12.8 Å². The predicted molar refractivity (Wildman–Crippen MR) is 34.7 cm³/mol. The molecule has 3 nitrogen and oxygen atoms in total. The lowest BCUT2D eigenvalue weighted by atomic mass is 10.3. The van der Waals surface area contributed by atoms with Gasteiger partial charge in [0.15, 0.2) is 11.9 Å². The summed E-state index contributed by atoms with van der Waals surface area (Å²) in [5.41, 5.74) is 0. The number of ether oxygens (including phenoxy) is 1. The maximum Gasteiger partial charge on any atom is 0.374 e. The highest BCUT2D eigenvalue weighted by Crippen LogP contribution is 2.18. The molecule has 0 N–H and O–H groups in total. The van der Waals surface area contributed by atoms with Gasteiger partial charge in [-0.25, -0.2) is 4.79 Å². The number of hydrogen-bond acceptors (Lipinski definition) is 3. The van der Waals surface area contributed by atoms with Crippen molar-refractivity contribution in [1.29, 1.82) is 0 Å². The summed E-state index contributed by atoms with van der Waals surface area (Å²) in [6, 6.07) is 0. The Morgan fingerprint density at radius 3 is 2.67 bits per heavy atom. The first kappa shape index (κ1) is 9.09. The van der Waals surface area contributed by atoms with Crippen LogP contribution in [0, 0.1) is 0 Å². The number of halogens is 2. The van der Waals surface area contributed by atoms with Crippen molar-refractivity contribution in [2.75, 3.05) is 0 Å². The Kier molecular flexibility index (Phi) is 2.73. The number of hydrogen-bond donors (Lipinski definition) is 0. The Bertz CT molecular complexity index is 203. The molecule has 1 unspecified atom stereocenters. The number of Topliss-reactive ketones (excluding diaryl/α,β-unsaturated/α-hetero) is 1. The second kappa shape index (κ2) is 3.60. The van der Waals surface area contributed by atoms with Gasteiger partial charge in [-0.3, -0.25) is 4.79 Å². The summed E-state index contributed by atoms with van der Waals surface area (Å²) < 4.78 is 27.5. The molecular weight excluding hydrogens is 170 g/mol. The number of carbonyl (C=O) groups excluding carboxylic acids is 2. The molecule has 1 rings (SSSR count). The summed E-state index contributed by atoms with van der Waals surface area (Å²) in [7, 11) is 0. The fourth-order valence-corrected chi connectivity index (χ4v) is 1.10. The maximum atomic E-state index is 11.6. The van der Waals surface area contributed by atoms with Crippen LogP contribution in [0.2, 0.25) is 0 Å². The van der Waals surface area contributed by atoms with Gasteiger partial charge >= 0.3 is 12.4 Å². The molecule has 0 saturated heterocycles. The molecule has 12 heavy (non-hydrogen) atoms. The van der Waals surface area contributed by atoms with E-state index in [2.05, 4.69) is 4.74 Å². The minimum atomic E-state index is -3.14. The molecule has 0 radical (unpaired) electrons. The highest BCUT2D eigenvalue weighted by molar-refractivity contribution is 5.87. The van der Waals surface area contributed by atoms with Crippen LogP contribution in [-0.4, -0.2) is 24.3 Å². The zero-order valence-electron chi connectivity index (χ0n) is 6.26. The van der Waals surface area contributed by atoms with E-state index >= 15 is 0 Å². The first-order chi connectivity index (χ1) is 5.61. The summed E-state index contributed by atoms with van der Waals surface area (Å²) in [4.78, 5) is 21.1. The van der Waals surface area contributed by atoms with Gasteiger partial charge in [0.1, 0.15) is 0 Å². The molecule has 0 aromatic heterocycles. The van der Waals surface area contributed by atoms with Crippen LogP contribution in [0.15, 0.2) is 0 Å². The number of ketones is 1. The Labute approximate surface area is 67.7 Å². The van der Waals surface area contributed by atoms with Crippen molar-refractivity contribution >= 4 is 11.8 Å². The Morgan fingerprint density at radius 2 is 2.25 bits per heavy atom. The highest BCUT2D eigenvalue weighted by Gasteiger charge is 2.30. The third kappa shape index (κ3) is 1.99. The molecule has 0 bridgehead atoms. The summed E-state index contributed by atoms with van der Waals surface area (Å²) >= 11 is 0. The molecule has 1 saturated carbocycles.